The van der Waals surface area contributed by atoms with E-state index < -0.39 is 11.4 Å². The van der Waals surface area contributed by atoms with E-state index in [0.29, 0.717) is 49.5 Å². The lowest BCUT2D eigenvalue weighted by Crippen LogP contribution is -2.46. The van der Waals surface area contributed by atoms with E-state index in [1.165, 1.54) is 10.6 Å². The summed E-state index contributed by atoms with van der Waals surface area (Å²) in [6.07, 6.45) is 4.95. The number of halogens is 2. The minimum Gasteiger partial charge on any atom is -0.378 e. The molecule has 2 aromatic heterocycles. The number of carbonyl (C=O) groups excluding carboxylic acids is 1. The molecule has 0 bridgehead atoms. The molecule has 9 nitrogen and oxygen atoms in total. The summed E-state index contributed by atoms with van der Waals surface area (Å²) in [5, 5.41) is 3.61. The Kier molecular flexibility index (Phi) is 8.37. The number of hydrogen-bond donors (Lipinski definition) is 1. The van der Waals surface area contributed by atoms with Crippen molar-refractivity contribution in [1.82, 2.24) is 19.4 Å². The molecule has 41 heavy (non-hydrogen) atoms. The highest BCUT2D eigenvalue weighted by atomic mass is 35.5. The van der Waals surface area contributed by atoms with Gasteiger partial charge >= 0.3 is 5.69 Å². The first-order chi connectivity index (χ1) is 19.9. The molecule has 0 spiro atoms. The number of pyridine rings is 1. The topological polar surface area (TPSA) is 98.5 Å². The fourth-order valence-electron chi connectivity index (χ4n) is 6.25. The molecule has 1 saturated carbocycles. The summed E-state index contributed by atoms with van der Waals surface area (Å²) in [5.74, 6) is 0.996. The molecule has 6 rings (SSSR count). The summed E-state index contributed by atoms with van der Waals surface area (Å²) in [6, 6.07) is 6.14. The van der Waals surface area contributed by atoms with Crippen LogP contribution >= 0.6 is 23.4 Å². The molecule has 2 aliphatic heterocycles. The largest absolute Gasteiger partial charge is 0.378 e. The number of fused-ring (bicyclic) bond motifs is 1. The molecule has 1 amide bonds. The highest BCUT2D eigenvalue weighted by molar-refractivity contribution is 7.99. The number of carbonyl (C=O) groups is 1. The van der Waals surface area contributed by atoms with Gasteiger partial charge in [-0.25, -0.2) is 14.2 Å². The van der Waals surface area contributed by atoms with E-state index in [0.717, 1.165) is 49.3 Å². The van der Waals surface area contributed by atoms with Crippen molar-refractivity contribution in [2.45, 2.75) is 56.7 Å². The number of ether oxygens (including phenoxy) is 1. The summed E-state index contributed by atoms with van der Waals surface area (Å²) >= 11 is 8.35. The zero-order valence-electron chi connectivity index (χ0n) is 22.7. The maximum Gasteiger partial charge on any atom is 0.333 e. The number of aromatic nitrogens is 3. The minimum absolute atomic E-state index is 0.0777. The zero-order chi connectivity index (χ0) is 28.5. The van der Waals surface area contributed by atoms with Crippen LogP contribution in [0.5, 0.6) is 0 Å². The second-order valence-corrected chi connectivity index (χ2v) is 12.6. The van der Waals surface area contributed by atoms with Crippen LogP contribution in [0.15, 0.2) is 40.1 Å². The SMILES string of the molecule is O=C(NC1CCC(n2c(=O)c3cc(F)cnc3n(C3CCSCC3)c2=O)CC1)c1ccc(N2CCOCC2)cc1Cl. The number of morpholine rings is 1. The van der Waals surface area contributed by atoms with E-state index in [2.05, 4.69) is 15.2 Å². The van der Waals surface area contributed by atoms with Gasteiger partial charge in [0.2, 0.25) is 0 Å². The maximum absolute atomic E-state index is 14.2. The summed E-state index contributed by atoms with van der Waals surface area (Å²) in [5.41, 5.74) is 0.756. The number of nitrogens with one attached hydrogen (secondary N) is 1. The first kappa shape index (κ1) is 28.2. The Morgan fingerprint density at radius 2 is 1.71 bits per heavy atom. The predicted molar refractivity (Wildman–Crippen MR) is 159 cm³/mol. The minimum atomic E-state index is -0.603. The van der Waals surface area contributed by atoms with Crippen LogP contribution in [0.3, 0.4) is 0 Å². The third kappa shape index (κ3) is 5.76. The average molecular weight is 602 g/mol. The number of thioether (sulfide) groups is 1. The van der Waals surface area contributed by atoms with Crippen molar-refractivity contribution in [3.8, 4) is 0 Å². The molecule has 218 valence electrons. The van der Waals surface area contributed by atoms with Gasteiger partial charge < -0.3 is 15.0 Å². The Morgan fingerprint density at radius 1 is 1.00 bits per heavy atom. The number of hydrogen-bond acceptors (Lipinski definition) is 7. The monoisotopic (exact) mass is 601 g/mol. The van der Waals surface area contributed by atoms with Gasteiger partial charge in [0.15, 0.2) is 0 Å². The van der Waals surface area contributed by atoms with E-state index in [4.69, 9.17) is 16.3 Å². The zero-order valence-corrected chi connectivity index (χ0v) is 24.3. The maximum atomic E-state index is 14.2. The number of anilines is 1. The molecule has 0 unspecified atom stereocenters. The van der Waals surface area contributed by atoms with Crippen molar-refractivity contribution in [1.29, 1.82) is 0 Å². The summed E-state index contributed by atoms with van der Waals surface area (Å²) in [6.45, 7) is 2.88. The Balaban J connectivity index is 1.18. The van der Waals surface area contributed by atoms with Crippen LogP contribution in [0.25, 0.3) is 11.0 Å². The molecule has 2 saturated heterocycles. The first-order valence-corrected chi connectivity index (χ1v) is 15.8. The van der Waals surface area contributed by atoms with Crippen LogP contribution in [-0.2, 0) is 4.74 Å². The van der Waals surface area contributed by atoms with E-state index in [1.54, 1.807) is 10.6 Å². The first-order valence-electron chi connectivity index (χ1n) is 14.2. The van der Waals surface area contributed by atoms with Crippen LogP contribution in [0.2, 0.25) is 5.02 Å². The second kappa shape index (κ2) is 12.1. The van der Waals surface area contributed by atoms with Gasteiger partial charge in [-0.05, 0) is 74.3 Å². The summed E-state index contributed by atoms with van der Waals surface area (Å²) < 4.78 is 22.5. The van der Waals surface area contributed by atoms with Gasteiger partial charge in [0.25, 0.3) is 11.5 Å². The van der Waals surface area contributed by atoms with Crippen molar-refractivity contribution in [3.05, 3.63) is 67.7 Å². The van der Waals surface area contributed by atoms with Gasteiger partial charge in [-0.3, -0.25) is 18.7 Å². The fourth-order valence-corrected chi connectivity index (χ4v) is 7.59. The highest BCUT2D eigenvalue weighted by Gasteiger charge is 2.30. The molecule has 1 aromatic carbocycles. The molecule has 3 fully saturated rings. The van der Waals surface area contributed by atoms with E-state index >= 15 is 0 Å². The van der Waals surface area contributed by atoms with Crippen molar-refractivity contribution in [3.63, 3.8) is 0 Å². The van der Waals surface area contributed by atoms with Gasteiger partial charge in [0.1, 0.15) is 11.5 Å². The van der Waals surface area contributed by atoms with Crippen molar-refractivity contribution < 1.29 is 13.9 Å². The molecule has 1 N–H and O–H groups in total. The van der Waals surface area contributed by atoms with Gasteiger partial charge in [-0.2, -0.15) is 11.8 Å². The Hall–Kier alpha value is -2.89. The van der Waals surface area contributed by atoms with Crippen molar-refractivity contribution >= 4 is 46.0 Å². The fraction of sp³-hybridized carbons (Fsp3) is 0.517. The third-order valence-electron chi connectivity index (χ3n) is 8.45. The van der Waals surface area contributed by atoms with Gasteiger partial charge in [-0.15, -0.1) is 0 Å². The van der Waals surface area contributed by atoms with E-state index in [9.17, 15) is 18.8 Å². The molecule has 0 radical (unpaired) electrons. The van der Waals surface area contributed by atoms with Gasteiger partial charge in [-0.1, -0.05) is 11.6 Å². The lowest BCUT2D eigenvalue weighted by atomic mass is 9.90. The molecule has 12 heteroatoms. The van der Waals surface area contributed by atoms with Crippen molar-refractivity contribution in [2.75, 3.05) is 42.7 Å². The van der Waals surface area contributed by atoms with Crippen molar-refractivity contribution in [2.24, 2.45) is 0 Å². The number of rotatable bonds is 5. The Morgan fingerprint density at radius 3 is 2.41 bits per heavy atom. The van der Waals surface area contributed by atoms with Crippen LogP contribution in [0.1, 0.15) is 61.0 Å². The second-order valence-electron chi connectivity index (χ2n) is 10.9. The molecule has 3 aromatic rings. The lowest BCUT2D eigenvalue weighted by Gasteiger charge is -2.32. The summed E-state index contributed by atoms with van der Waals surface area (Å²) in [4.78, 5) is 46.8. The normalized spacial score (nSPS) is 22.1. The molecule has 1 aliphatic carbocycles. The molecule has 0 atom stereocenters. The highest BCUT2D eigenvalue weighted by Crippen LogP contribution is 2.31. The molecule has 4 heterocycles. The van der Waals surface area contributed by atoms with Crippen LogP contribution in [0, 0.1) is 5.82 Å². The quantitative estimate of drug-likeness (QED) is 0.469. The predicted octanol–water partition coefficient (Wildman–Crippen LogP) is 4.17. The molecular weight excluding hydrogens is 569 g/mol. The Labute approximate surface area is 246 Å². The Bertz CT molecular complexity index is 1560. The summed E-state index contributed by atoms with van der Waals surface area (Å²) in [7, 11) is 0. The number of nitrogens with zero attached hydrogens (tertiary/aromatic N) is 4. The standard InChI is InChI=1S/C29H33ClFN5O4S/c30-25-16-22(34-9-11-40-12-10-34)5-6-23(25)27(37)33-19-1-3-20(4-2-19)36-28(38)24-15-18(31)17-32-26(24)35(29(36)39)21-7-13-41-14-8-21/h5-6,15-17,19-21H,1-4,7-14H2,(H,33,37). The number of amides is 1. The van der Waals surface area contributed by atoms with Gasteiger partial charge in [0, 0.05) is 36.9 Å². The molecular formula is C29H33ClFN5O4S. The molecule has 3 aliphatic rings. The lowest BCUT2D eigenvalue weighted by molar-refractivity contribution is 0.0922. The smallest absolute Gasteiger partial charge is 0.333 e. The van der Waals surface area contributed by atoms with Gasteiger partial charge in [0.05, 0.1) is 35.4 Å². The van der Waals surface area contributed by atoms with Crippen LogP contribution in [-0.4, -0.2) is 63.9 Å². The van der Waals surface area contributed by atoms with Crippen LogP contribution < -0.4 is 21.5 Å². The third-order valence-corrected chi connectivity index (χ3v) is 9.81. The number of benzene rings is 1. The van der Waals surface area contributed by atoms with E-state index in [1.807, 2.05) is 23.9 Å². The average Bonchev–Trinajstić information content (AvgIpc) is 2.99. The van der Waals surface area contributed by atoms with Crippen LogP contribution in [0.4, 0.5) is 10.1 Å². The van der Waals surface area contributed by atoms with E-state index in [-0.39, 0.29) is 40.8 Å².